The Bertz CT molecular complexity index is 376. The Hall–Kier alpha value is -0.860. The molecule has 19 heavy (non-hydrogen) atoms. The van der Waals surface area contributed by atoms with Gasteiger partial charge in [0.05, 0.1) is 18.8 Å². The van der Waals surface area contributed by atoms with E-state index in [2.05, 4.69) is 58.1 Å². The van der Waals surface area contributed by atoms with E-state index in [1.165, 1.54) is 16.7 Å². The molecule has 0 amide bonds. The summed E-state index contributed by atoms with van der Waals surface area (Å²) in [5, 5.41) is 3.59. The summed E-state index contributed by atoms with van der Waals surface area (Å²) in [6.45, 7) is 12.6. The fourth-order valence-corrected chi connectivity index (χ4v) is 1.95. The maximum atomic E-state index is 5.91. The van der Waals surface area contributed by atoms with Crippen LogP contribution in [0.5, 0.6) is 0 Å². The monoisotopic (exact) mass is 263 g/mol. The molecule has 2 atom stereocenters. The number of ether oxygens (including phenoxy) is 1. The summed E-state index contributed by atoms with van der Waals surface area (Å²) in [4.78, 5) is 0. The van der Waals surface area contributed by atoms with Crippen molar-refractivity contribution in [3.8, 4) is 0 Å². The normalized spacial score (nSPS) is 14.4. The van der Waals surface area contributed by atoms with Crippen LogP contribution in [-0.4, -0.2) is 19.3 Å². The summed E-state index contributed by atoms with van der Waals surface area (Å²) in [5.41, 5.74) is 4.03. The number of benzene rings is 1. The van der Waals surface area contributed by atoms with E-state index in [9.17, 15) is 0 Å². The number of nitrogens with one attached hydrogen (secondary N) is 1. The van der Waals surface area contributed by atoms with Crippen LogP contribution in [0.1, 0.15) is 56.3 Å². The van der Waals surface area contributed by atoms with Gasteiger partial charge >= 0.3 is 0 Å². The van der Waals surface area contributed by atoms with E-state index in [0.717, 1.165) is 26.0 Å². The molecule has 1 aromatic rings. The van der Waals surface area contributed by atoms with E-state index in [0.29, 0.717) is 12.1 Å². The summed E-state index contributed by atoms with van der Waals surface area (Å²) in [5.74, 6) is 0. The van der Waals surface area contributed by atoms with Crippen LogP contribution in [0, 0.1) is 13.8 Å². The van der Waals surface area contributed by atoms with Crippen molar-refractivity contribution in [1.29, 1.82) is 0 Å². The second kappa shape index (κ2) is 8.34. The van der Waals surface area contributed by atoms with Crippen molar-refractivity contribution in [2.45, 2.75) is 59.6 Å². The summed E-state index contributed by atoms with van der Waals surface area (Å²) < 4.78 is 5.91. The van der Waals surface area contributed by atoms with Crippen LogP contribution in [0.2, 0.25) is 0 Å². The summed E-state index contributed by atoms with van der Waals surface area (Å²) in [6.07, 6.45) is 2.54. The van der Waals surface area contributed by atoms with Gasteiger partial charge in [-0.3, -0.25) is 0 Å². The Labute approximate surface area is 118 Å². The first-order valence-corrected chi connectivity index (χ1v) is 7.50. The van der Waals surface area contributed by atoms with Gasteiger partial charge in [-0.25, -0.2) is 0 Å². The van der Waals surface area contributed by atoms with Crippen molar-refractivity contribution >= 4 is 0 Å². The van der Waals surface area contributed by atoms with Gasteiger partial charge in [0, 0.05) is 0 Å². The predicted octanol–water partition coefficient (Wildman–Crippen LogP) is 4.16. The van der Waals surface area contributed by atoms with Gasteiger partial charge in [-0.15, -0.1) is 0 Å². The Morgan fingerprint density at radius 3 is 2.47 bits per heavy atom. The minimum atomic E-state index is 0.299. The van der Waals surface area contributed by atoms with Gasteiger partial charge in [0.2, 0.25) is 0 Å². The largest absolute Gasteiger partial charge is 0.377 e. The van der Waals surface area contributed by atoms with E-state index in [4.69, 9.17) is 4.74 Å². The molecule has 0 aliphatic carbocycles. The molecule has 0 saturated heterocycles. The average Bonchev–Trinajstić information content (AvgIpc) is 2.42. The van der Waals surface area contributed by atoms with Crippen molar-refractivity contribution in [2.24, 2.45) is 0 Å². The molecule has 108 valence electrons. The molecule has 1 rings (SSSR count). The van der Waals surface area contributed by atoms with E-state index in [1.54, 1.807) is 0 Å². The fourth-order valence-electron chi connectivity index (χ4n) is 1.95. The van der Waals surface area contributed by atoms with Gasteiger partial charge in [0.1, 0.15) is 0 Å². The summed E-state index contributed by atoms with van der Waals surface area (Å²) in [6, 6.07) is 7.00. The van der Waals surface area contributed by atoms with Crippen molar-refractivity contribution in [3.63, 3.8) is 0 Å². The van der Waals surface area contributed by atoms with Crippen molar-refractivity contribution < 1.29 is 4.74 Å². The molecule has 2 heteroatoms. The number of aryl methyl sites for hydroxylation is 2. The molecular formula is C17H29NO. The molecule has 0 saturated carbocycles. The van der Waals surface area contributed by atoms with Crippen LogP contribution >= 0.6 is 0 Å². The average molecular weight is 263 g/mol. The van der Waals surface area contributed by atoms with Gasteiger partial charge in [-0.05, 0) is 56.8 Å². The lowest BCUT2D eigenvalue weighted by atomic mass is 10.0. The highest BCUT2D eigenvalue weighted by molar-refractivity contribution is 5.31. The standard InChI is InChI=1S/C17H29NO/c1-6-10-18-17(12-19-15(5)7-2)16-9-8-13(3)14(4)11-16/h8-9,11,15,17-18H,6-7,10,12H2,1-5H3. The maximum absolute atomic E-state index is 5.91. The van der Waals surface area contributed by atoms with Gasteiger partial charge in [-0.1, -0.05) is 32.0 Å². The Kier molecular flexibility index (Phi) is 7.11. The zero-order valence-electron chi connectivity index (χ0n) is 13.1. The molecule has 0 bridgehead atoms. The summed E-state index contributed by atoms with van der Waals surface area (Å²) >= 11 is 0. The van der Waals surface area contributed by atoms with E-state index in [1.807, 2.05) is 0 Å². The second-order valence-corrected chi connectivity index (χ2v) is 5.40. The van der Waals surface area contributed by atoms with Gasteiger partial charge < -0.3 is 10.1 Å². The highest BCUT2D eigenvalue weighted by Gasteiger charge is 2.13. The lowest BCUT2D eigenvalue weighted by molar-refractivity contribution is 0.0474. The first-order valence-electron chi connectivity index (χ1n) is 7.50. The third kappa shape index (κ3) is 5.33. The number of hydrogen-bond donors (Lipinski definition) is 1. The second-order valence-electron chi connectivity index (χ2n) is 5.40. The van der Waals surface area contributed by atoms with Crippen LogP contribution in [0.25, 0.3) is 0 Å². The first kappa shape index (κ1) is 16.2. The Balaban J connectivity index is 2.73. The molecule has 1 aromatic carbocycles. The fraction of sp³-hybridized carbons (Fsp3) is 0.647. The molecular weight excluding hydrogens is 234 g/mol. The molecule has 0 aliphatic rings. The minimum absolute atomic E-state index is 0.299. The van der Waals surface area contributed by atoms with Crippen molar-refractivity contribution in [3.05, 3.63) is 34.9 Å². The van der Waals surface area contributed by atoms with E-state index < -0.39 is 0 Å². The highest BCUT2D eigenvalue weighted by Crippen LogP contribution is 2.18. The Morgan fingerprint density at radius 1 is 1.16 bits per heavy atom. The van der Waals surface area contributed by atoms with E-state index in [-0.39, 0.29) is 0 Å². The van der Waals surface area contributed by atoms with Crippen LogP contribution in [0.4, 0.5) is 0 Å². The van der Waals surface area contributed by atoms with E-state index >= 15 is 0 Å². The number of hydrogen-bond acceptors (Lipinski definition) is 2. The molecule has 0 aromatic heterocycles. The van der Waals surface area contributed by atoms with Gasteiger partial charge in [0.25, 0.3) is 0 Å². The van der Waals surface area contributed by atoms with Crippen LogP contribution in [0.15, 0.2) is 18.2 Å². The Morgan fingerprint density at radius 2 is 1.89 bits per heavy atom. The highest BCUT2D eigenvalue weighted by atomic mass is 16.5. The smallest absolute Gasteiger partial charge is 0.0665 e. The predicted molar refractivity (Wildman–Crippen MR) is 82.7 cm³/mol. The topological polar surface area (TPSA) is 21.3 Å². The molecule has 2 unspecified atom stereocenters. The van der Waals surface area contributed by atoms with Gasteiger partial charge in [0.15, 0.2) is 0 Å². The van der Waals surface area contributed by atoms with Crippen molar-refractivity contribution in [1.82, 2.24) is 5.32 Å². The van der Waals surface area contributed by atoms with Crippen LogP contribution in [0.3, 0.4) is 0 Å². The van der Waals surface area contributed by atoms with Gasteiger partial charge in [-0.2, -0.15) is 0 Å². The third-order valence-electron chi connectivity index (χ3n) is 3.70. The number of rotatable bonds is 8. The molecule has 0 heterocycles. The molecule has 0 aliphatic heterocycles. The summed E-state index contributed by atoms with van der Waals surface area (Å²) in [7, 11) is 0. The lowest BCUT2D eigenvalue weighted by Crippen LogP contribution is -2.28. The zero-order valence-corrected chi connectivity index (χ0v) is 13.1. The SMILES string of the molecule is CCCNC(COC(C)CC)c1ccc(C)c(C)c1. The van der Waals surface area contributed by atoms with Crippen LogP contribution < -0.4 is 5.32 Å². The quantitative estimate of drug-likeness (QED) is 0.760. The lowest BCUT2D eigenvalue weighted by Gasteiger charge is -2.22. The molecule has 1 N–H and O–H groups in total. The first-order chi connectivity index (χ1) is 9.08. The third-order valence-corrected chi connectivity index (χ3v) is 3.70. The molecule has 0 fully saturated rings. The zero-order chi connectivity index (χ0) is 14.3. The maximum Gasteiger partial charge on any atom is 0.0665 e. The minimum Gasteiger partial charge on any atom is -0.377 e. The molecule has 2 nitrogen and oxygen atoms in total. The molecule has 0 radical (unpaired) electrons. The van der Waals surface area contributed by atoms with Crippen LogP contribution in [-0.2, 0) is 4.74 Å². The van der Waals surface area contributed by atoms with Crippen molar-refractivity contribution in [2.75, 3.05) is 13.2 Å². The molecule has 0 spiro atoms.